The molecule has 1 N–H and O–H groups in total. The van der Waals surface area contributed by atoms with Crippen LogP contribution in [0.3, 0.4) is 0 Å². The second-order valence-corrected chi connectivity index (χ2v) is 7.13. The van der Waals surface area contributed by atoms with Crippen molar-refractivity contribution in [2.24, 2.45) is 0 Å². The number of phenolic OH excluding ortho intramolecular Hbond substituents is 1. The zero-order chi connectivity index (χ0) is 19.9. The molecule has 1 aliphatic rings. The average Bonchev–Trinajstić information content (AvgIpc) is 2.72. The molecule has 2 aromatic rings. The van der Waals surface area contributed by atoms with Crippen LogP contribution < -0.4 is 4.74 Å². The van der Waals surface area contributed by atoms with Crippen molar-refractivity contribution < 1.29 is 9.84 Å². The van der Waals surface area contributed by atoms with Gasteiger partial charge >= 0.3 is 0 Å². The Morgan fingerprint density at radius 3 is 2.68 bits per heavy atom. The number of ether oxygens (including phenoxy) is 1. The summed E-state index contributed by atoms with van der Waals surface area (Å²) in [7, 11) is 1.56. The quantitative estimate of drug-likeness (QED) is 0.750. The van der Waals surface area contributed by atoms with Crippen molar-refractivity contribution in [1.29, 1.82) is 5.26 Å². The molecular weight excluding hydrogens is 350 g/mol. The molecule has 1 fully saturated rings. The van der Waals surface area contributed by atoms with Gasteiger partial charge in [-0.25, -0.2) is 0 Å². The van der Waals surface area contributed by atoms with Crippen LogP contribution in [0.5, 0.6) is 11.5 Å². The van der Waals surface area contributed by atoms with E-state index in [0.29, 0.717) is 18.7 Å². The van der Waals surface area contributed by atoms with Gasteiger partial charge in [-0.1, -0.05) is 42.5 Å². The van der Waals surface area contributed by atoms with Crippen molar-refractivity contribution in [2.75, 3.05) is 26.7 Å². The maximum Gasteiger partial charge on any atom is 0.161 e. The highest BCUT2D eigenvalue weighted by Gasteiger charge is 2.27. The van der Waals surface area contributed by atoms with Crippen molar-refractivity contribution in [1.82, 2.24) is 9.80 Å². The fraction of sp³-hybridized carbons (Fsp3) is 0.348. The highest BCUT2D eigenvalue weighted by molar-refractivity contribution is 5.49. The summed E-state index contributed by atoms with van der Waals surface area (Å²) in [4.78, 5) is 4.53. The fourth-order valence-electron chi connectivity index (χ4n) is 3.70. The normalized spacial score (nSPS) is 17.8. The Bertz CT molecular complexity index is 845. The third kappa shape index (κ3) is 4.72. The second-order valence-electron chi connectivity index (χ2n) is 7.13. The van der Waals surface area contributed by atoms with Gasteiger partial charge in [0, 0.05) is 38.3 Å². The molecule has 0 bridgehead atoms. The van der Waals surface area contributed by atoms with E-state index in [1.54, 1.807) is 13.2 Å². The van der Waals surface area contributed by atoms with E-state index in [2.05, 4.69) is 34.6 Å². The van der Waals surface area contributed by atoms with E-state index in [0.717, 1.165) is 37.3 Å². The minimum absolute atomic E-state index is 0.138. The van der Waals surface area contributed by atoms with Gasteiger partial charge in [-0.3, -0.25) is 9.80 Å². The maximum atomic E-state index is 10.3. The van der Waals surface area contributed by atoms with Gasteiger partial charge in [0.1, 0.15) is 6.04 Å². The number of nitrogens with zero attached hydrogens (tertiary/aromatic N) is 3. The lowest BCUT2D eigenvalue weighted by Crippen LogP contribution is -2.51. The van der Waals surface area contributed by atoms with E-state index in [4.69, 9.17) is 4.74 Å². The molecule has 0 amide bonds. The van der Waals surface area contributed by atoms with Crippen LogP contribution >= 0.6 is 0 Å². The number of nitriles is 1. The number of rotatable bonds is 7. The summed E-state index contributed by atoms with van der Waals surface area (Å²) in [6.07, 6.45) is 2.36. The summed E-state index contributed by atoms with van der Waals surface area (Å²) in [5.74, 6) is 0.655. The van der Waals surface area contributed by atoms with E-state index in [9.17, 15) is 10.4 Å². The molecule has 0 spiro atoms. The van der Waals surface area contributed by atoms with Crippen LogP contribution in [0, 0.1) is 11.3 Å². The van der Waals surface area contributed by atoms with E-state index in [1.807, 2.05) is 30.3 Å². The third-order valence-electron chi connectivity index (χ3n) is 5.16. The zero-order valence-electron chi connectivity index (χ0n) is 16.3. The summed E-state index contributed by atoms with van der Waals surface area (Å²) < 4.78 is 5.32. The minimum Gasteiger partial charge on any atom is -0.504 e. The van der Waals surface area contributed by atoms with Gasteiger partial charge < -0.3 is 9.84 Å². The van der Waals surface area contributed by atoms with Crippen LogP contribution in [-0.4, -0.2) is 47.7 Å². The number of hydrogen-bond donors (Lipinski definition) is 1. The highest BCUT2D eigenvalue weighted by atomic mass is 16.5. The number of aromatic hydroxyl groups is 1. The van der Waals surface area contributed by atoms with Crippen molar-refractivity contribution in [3.8, 4) is 17.6 Å². The Labute approximate surface area is 167 Å². The number of hydrogen-bond acceptors (Lipinski definition) is 5. The van der Waals surface area contributed by atoms with Gasteiger partial charge in [0.2, 0.25) is 0 Å². The molecule has 2 aromatic carbocycles. The molecule has 0 saturated carbocycles. The average molecular weight is 377 g/mol. The van der Waals surface area contributed by atoms with Crippen molar-refractivity contribution >= 4 is 0 Å². The first-order chi connectivity index (χ1) is 13.6. The summed E-state index contributed by atoms with van der Waals surface area (Å²) in [6, 6.07) is 16.5. The third-order valence-corrected chi connectivity index (χ3v) is 5.16. The first-order valence-corrected chi connectivity index (χ1v) is 9.54. The van der Waals surface area contributed by atoms with Gasteiger partial charge in [-0.15, -0.1) is 6.58 Å². The Kier molecular flexibility index (Phi) is 6.70. The lowest BCUT2D eigenvalue weighted by Gasteiger charge is -2.38. The standard InChI is InChI=1S/C23H27N3O2/c1-3-7-20-12-19(13-22(28-2)23(20)27)15-25-10-11-26(21(14-24)17-25)16-18-8-5-4-6-9-18/h3-6,8-9,12-13,21,27H,1,7,10-11,15-17H2,2H3/t21-/m0/s1. The van der Waals surface area contributed by atoms with Gasteiger partial charge in [0.15, 0.2) is 11.5 Å². The summed E-state index contributed by atoms with van der Waals surface area (Å²) >= 11 is 0. The Morgan fingerprint density at radius 1 is 1.21 bits per heavy atom. The monoisotopic (exact) mass is 377 g/mol. The Balaban J connectivity index is 1.69. The number of benzene rings is 2. The molecule has 1 aliphatic heterocycles. The number of piperazine rings is 1. The Hall–Kier alpha value is -2.81. The summed E-state index contributed by atoms with van der Waals surface area (Å²) in [5, 5.41) is 19.9. The first kappa shape index (κ1) is 19.9. The predicted molar refractivity (Wildman–Crippen MR) is 110 cm³/mol. The molecule has 0 radical (unpaired) electrons. The maximum absolute atomic E-state index is 10.3. The van der Waals surface area contributed by atoms with E-state index in [-0.39, 0.29) is 11.8 Å². The van der Waals surface area contributed by atoms with Crippen LogP contribution in [0.2, 0.25) is 0 Å². The molecule has 1 saturated heterocycles. The number of phenols is 1. The van der Waals surface area contributed by atoms with Crippen molar-refractivity contribution in [3.63, 3.8) is 0 Å². The molecular formula is C23H27N3O2. The summed E-state index contributed by atoms with van der Waals surface area (Å²) in [6.45, 7) is 7.71. The number of allylic oxidation sites excluding steroid dienone is 1. The van der Waals surface area contributed by atoms with Crippen molar-refractivity contribution in [2.45, 2.75) is 25.6 Å². The fourth-order valence-corrected chi connectivity index (χ4v) is 3.70. The molecule has 0 aromatic heterocycles. The largest absolute Gasteiger partial charge is 0.504 e. The topological polar surface area (TPSA) is 59.7 Å². The Morgan fingerprint density at radius 2 is 2.00 bits per heavy atom. The molecule has 3 rings (SSSR count). The van der Waals surface area contributed by atoms with Crippen molar-refractivity contribution in [3.05, 3.63) is 71.8 Å². The smallest absolute Gasteiger partial charge is 0.161 e. The highest BCUT2D eigenvalue weighted by Crippen LogP contribution is 2.32. The summed E-state index contributed by atoms with van der Waals surface area (Å²) in [5.41, 5.74) is 3.11. The molecule has 1 atom stereocenters. The molecule has 0 aliphatic carbocycles. The molecule has 0 unspecified atom stereocenters. The van der Waals surface area contributed by atoms with E-state index < -0.39 is 0 Å². The lowest BCUT2D eigenvalue weighted by molar-refractivity contribution is 0.0901. The molecule has 146 valence electrons. The molecule has 5 nitrogen and oxygen atoms in total. The van der Waals surface area contributed by atoms with Gasteiger partial charge in [-0.05, 0) is 23.6 Å². The molecule has 5 heteroatoms. The van der Waals surface area contributed by atoms with Gasteiger partial charge in [0.05, 0.1) is 13.2 Å². The first-order valence-electron chi connectivity index (χ1n) is 9.54. The van der Waals surface area contributed by atoms with Crippen LogP contribution in [0.15, 0.2) is 55.1 Å². The zero-order valence-corrected chi connectivity index (χ0v) is 16.3. The van der Waals surface area contributed by atoms with E-state index in [1.165, 1.54) is 5.56 Å². The van der Waals surface area contributed by atoms with Crippen LogP contribution in [-0.2, 0) is 19.5 Å². The van der Waals surface area contributed by atoms with Crippen LogP contribution in [0.4, 0.5) is 0 Å². The predicted octanol–water partition coefficient (Wildman–Crippen LogP) is 3.34. The van der Waals surface area contributed by atoms with Gasteiger partial charge in [0.25, 0.3) is 0 Å². The number of methoxy groups -OCH3 is 1. The lowest BCUT2D eigenvalue weighted by atomic mass is 10.0. The van der Waals surface area contributed by atoms with E-state index >= 15 is 0 Å². The second kappa shape index (κ2) is 9.41. The van der Waals surface area contributed by atoms with Crippen LogP contribution in [0.1, 0.15) is 16.7 Å². The van der Waals surface area contributed by atoms with Crippen LogP contribution in [0.25, 0.3) is 0 Å². The SMILES string of the molecule is C=CCc1cc(CN2CCN(Cc3ccccc3)[C@@H](C#N)C2)cc(OC)c1O. The molecule has 1 heterocycles. The molecule has 28 heavy (non-hydrogen) atoms. The van der Waals surface area contributed by atoms with Gasteiger partial charge in [-0.2, -0.15) is 5.26 Å². The minimum atomic E-state index is -0.138.